The molecular formula is C19H18F3NO5. The average molecular weight is 397 g/mol. The highest BCUT2D eigenvalue weighted by Gasteiger charge is 2.31. The van der Waals surface area contributed by atoms with Crippen molar-refractivity contribution in [2.75, 3.05) is 7.11 Å². The molecule has 0 heterocycles. The number of carboxylic acids is 1. The second-order valence-electron chi connectivity index (χ2n) is 5.86. The molecule has 1 atom stereocenters. The maximum atomic E-state index is 12.3. The Balaban J connectivity index is 2.10. The number of ether oxygens (including phenoxy) is 2. The molecule has 28 heavy (non-hydrogen) atoms. The van der Waals surface area contributed by atoms with Gasteiger partial charge in [-0.05, 0) is 35.4 Å². The third-order valence-electron chi connectivity index (χ3n) is 3.73. The van der Waals surface area contributed by atoms with Crippen LogP contribution in [-0.2, 0) is 16.0 Å². The Morgan fingerprint density at radius 1 is 1.11 bits per heavy atom. The molecule has 0 aromatic heterocycles. The van der Waals surface area contributed by atoms with Gasteiger partial charge in [0, 0.05) is 0 Å². The van der Waals surface area contributed by atoms with Crippen LogP contribution < -0.4 is 14.8 Å². The fourth-order valence-electron chi connectivity index (χ4n) is 2.54. The summed E-state index contributed by atoms with van der Waals surface area (Å²) in [5, 5.41) is 11.7. The highest BCUT2D eigenvalue weighted by Crippen LogP contribution is 2.25. The van der Waals surface area contributed by atoms with E-state index >= 15 is 0 Å². The maximum Gasteiger partial charge on any atom is 0.573 e. The number of methoxy groups -OCH3 is 1. The molecule has 0 radical (unpaired) electrons. The Kier molecular flexibility index (Phi) is 6.86. The number of rotatable bonds is 8. The van der Waals surface area contributed by atoms with E-state index in [0.29, 0.717) is 16.9 Å². The number of halogens is 3. The van der Waals surface area contributed by atoms with Crippen molar-refractivity contribution in [3.63, 3.8) is 0 Å². The summed E-state index contributed by atoms with van der Waals surface area (Å²) in [4.78, 5) is 23.4. The Morgan fingerprint density at radius 3 is 2.36 bits per heavy atom. The van der Waals surface area contributed by atoms with Crippen LogP contribution in [0.1, 0.15) is 23.6 Å². The molecule has 0 saturated carbocycles. The van der Waals surface area contributed by atoms with Crippen LogP contribution in [0.4, 0.5) is 13.2 Å². The van der Waals surface area contributed by atoms with Crippen LogP contribution in [0.5, 0.6) is 11.5 Å². The van der Waals surface area contributed by atoms with Gasteiger partial charge in [-0.1, -0.05) is 24.3 Å². The molecule has 0 aliphatic heterocycles. The first kappa shape index (κ1) is 21.1. The third-order valence-corrected chi connectivity index (χ3v) is 3.73. The molecule has 0 aliphatic rings. The van der Waals surface area contributed by atoms with E-state index in [1.807, 2.05) is 0 Å². The summed E-state index contributed by atoms with van der Waals surface area (Å²) in [5.74, 6) is -1.46. The predicted molar refractivity (Wildman–Crippen MR) is 93.0 cm³/mol. The Morgan fingerprint density at radius 2 is 1.79 bits per heavy atom. The standard InChI is InChI=1S/C19H18F3NO5/c1-27-15-4-2-3-12(9-15)10-17(24)23-16(11-18(25)26)13-5-7-14(8-6-13)28-19(20,21)22/h2-9,16H,10-11H2,1H3,(H,23,24)(H,25,26). The molecule has 0 spiro atoms. The molecule has 9 heteroatoms. The zero-order valence-corrected chi connectivity index (χ0v) is 14.8. The first-order valence-corrected chi connectivity index (χ1v) is 8.16. The summed E-state index contributed by atoms with van der Waals surface area (Å²) in [5.41, 5.74) is 1.01. The summed E-state index contributed by atoms with van der Waals surface area (Å²) < 4.78 is 45.6. The van der Waals surface area contributed by atoms with E-state index < -0.39 is 36.5 Å². The van der Waals surface area contributed by atoms with Crippen molar-refractivity contribution in [1.82, 2.24) is 5.32 Å². The van der Waals surface area contributed by atoms with Crippen molar-refractivity contribution in [3.8, 4) is 11.5 Å². The first-order valence-electron chi connectivity index (χ1n) is 8.16. The van der Waals surface area contributed by atoms with Gasteiger partial charge >= 0.3 is 12.3 Å². The summed E-state index contributed by atoms with van der Waals surface area (Å²) in [6.07, 6.45) is -5.27. The zero-order valence-electron chi connectivity index (χ0n) is 14.8. The number of aliphatic carboxylic acids is 1. The van der Waals surface area contributed by atoms with E-state index in [9.17, 15) is 22.8 Å². The number of hydrogen-bond acceptors (Lipinski definition) is 4. The molecular weight excluding hydrogens is 379 g/mol. The van der Waals surface area contributed by atoms with Crippen molar-refractivity contribution in [2.24, 2.45) is 0 Å². The SMILES string of the molecule is COc1cccc(CC(=O)NC(CC(=O)O)c2ccc(OC(F)(F)F)cc2)c1. The van der Waals surface area contributed by atoms with E-state index in [2.05, 4.69) is 10.1 Å². The number of alkyl halides is 3. The number of carbonyl (C=O) groups is 2. The number of carbonyl (C=O) groups excluding carboxylic acids is 1. The lowest BCUT2D eigenvalue weighted by Crippen LogP contribution is -2.31. The number of benzene rings is 2. The first-order chi connectivity index (χ1) is 13.2. The van der Waals surface area contributed by atoms with Crippen molar-refractivity contribution >= 4 is 11.9 Å². The van der Waals surface area contributed by atoms with Crippen LogP contribution in [0, 0.1) is 0 Å². The lowest BCUT2D eigenvalue weighted by atomic mass is 10.0. The van der Waals surface area contributed by atoms with Crippen molar-refractivity contribution < 1.29 is 37.3 Å². The molecule has 2 aromatic rings. The third kappa shape index (κ3) is 6.82. The topological polar surface area (TPSA) is 84.9 Å². The molecule has 150 valence electrons. The van der Waals surface area contributed by atoms with Crippen molar-refractivity contribution in [3.05, 3.63) is 59.7 Å². The van der Waals surface area contributed by atoms with E-state index in [4.69, 9.17) is 9.84 Å². The summed E-state index contributed by atoms with van der Waals surface area (Å²) in [6, 6.07) is 10.6. The Bertz CT molecular complexity index is 821. The van der Waals surface area contributed by atoms with Crippen LogP contribution in [0.2, 0.25) is 0 Å². The van der Waals surface area contributed by atoms with Crippen LogP contribution in [-0.4, -0.2) is 30.5 Å². The van der Waals surface area contributed by atoms with Gasteiger partial charge in [0.15, 0.2) is 0 Å². The minimum atomic E-state index is -4.83. The molecule has 6 nitrogen and oxygen atoms in total. The molecule has 1 amide bonds. The minimum Gasteiger partial charge on any atom is -0.497 e. The fraction of sp³-hybridized carbons (Fsp3) is 0.263. The molecule has 1 unspecified atom stereocenters. The van der Waals surface area contributed by atoms with Crippen molar-refractivity contribution in [1.29, 1.82) is 0 Å². The number of hydrogen-bond donors (Lipinski definition) is 2. The molecule has 2 aromatic carbocycles. The quantitative estimate of drug-likeness (QED) is 0.713. The maximum absolute atomic E-state index is 12.3. The fourth-order valence-corrected chi connectivity index (χ4v) is 2.54. The van der Waals surface area contributed by atoms with E-state index in [-0.39, 0.29) is 6.42 Å². The minimum absolute atomic E-state index is 0.0113. The normalized spacial score (nSPS) is 12.1. The molecule has 0 saturated heterocycles. The number of amides is 1. The summed E-state index contributed by atoms with van der Waals surface area (Å²) in [7, 11) is 1.49. The van der Waals surface area contributed by atoms with Gasteiger partial charge in [0.25, 0.3) is 0 Å². The Hall–Kier alpha value is -3.23. The lowest BCUT2D eigenvalue weighted by Gasteiger charge is -2.18. The van der Waals surface area contributed by atoms with Gasteiger partial charge in [-0.15, -0.1) is 13.2 Å². The van der Waals surface area contributed by atoms with E-state index in [1.54, 1.807) is 24.3 Å². The molecule has 0 bridgehead atoms. The van der Waals surface area contributed by atoms with Gasteiger partial charge in [-0.3, -0.25) is 9.59 Å². The second-order valence-corrected chi connectivity index (χ2v) is 5.86. The lowest BCUT2D eigenvalue weighted by molar-refractivity contribution is -0.274. The van der Waals surface area contributed by atoms with Gasteiger partial charge in [-0.25, -0.2) is 0 Å². The summed E-state index contributed by atoms with van der Waals surface area (Å²) >= 11 is 0. The monoisotopic (exact) mass is 397 g/mol. The van der Waals surface area contributed by atoms with Gasteiger partial charge in [0.05, 0.1) is 26.0 Å². The number of carboxylic acid groups (broad SMARTS) is 1. The van der Waals surface area contributed by atoms with Crippen LogP contribution in [0.25, 0.3) is 0 Å². The molecule has 2 rings (SSSR count). The number of nitrogens with one attached hydrogen (secondary N) is 1. The van der Waals surface area contributed by atoms with E-state index in [1.165, 1.54) is 19.2 Å². The largest absolute Gasteiger partial charge is 0.573 e. The van der Waals surface area contributed by atoms with Crippen LogP contribution in [0.15, 0.2) is 48.5 Å². The van der Waals surface area contributed by atoms with Gasteiger partial charge in [-0.2, -0.15) is 0 Å². The van der Waals surface area contributed by atoms with Crippen LogP contribution >= 0.6 is 0 Å². The van der Waals surface area contributed by atoms with Crippen LogP contribution in [0.3, 0.4) is 0 Å². The smallest absolute Gasteiger partial charge is 0.497 e. The zero-order chi connectivity index (χ0) is 20.7. The Labute approximate surface area is 158 Å². The molecule has 0 aliphatic carbocycles. The molecule has 0 fully saturated rings. The molecule has 2 N–H and O–H groups in total. The average Bonchev–Trinajstić information content (AvgIpc) is 2.60. The van der Waals surface area contributed by atoms with Crippen molar-refractivity contribution in [2.45, 2.75) is 25.2 Å². The van der Waals surface area contributed by atoms with E-state index in [0.717, 1.165) is 12.1 Å². The van der Waals surface area contributed by atoms with Gasteiger partial charge < -0.3 is 19.9 Å². The highest BCUT2D eigenvalue weighted by molar-refractivity contribution is 5.80. The predicted octanol–water partition coefficient (Wildman–Crippen LogP) is 3.47. The second kappa shape index (κ2) is 9.12. The highest BCUT2D eigenvalue weighted by atomic mass is 19.4. The van der Waals surface area contributed by atoms with Gasteiger partial charge in [0.1, 0.15) is 11.5 Å². The summed E-state index contributed by atoms with van der Waals surface area (Å²) in [6.45, 7) is 0. The van der Waals surface area contributed by atoms with Gasteiger partial charge in [0.2, 0.25) is 5.91 Å².